The lowest BCUT2D eigenvalue weighted by atomic mass is 10.1. The van der Waals surface area contributed by atoms with Crippen molar-refractivity contribution in [2.24, 2.45) is 0 Å². The molecular formula is C20H17N3O. The first-order chi connectivity index (χ1) is 11.8. The van der Waals surface area contributed by atoms with Gasteiger partial charge in [0.25, 0.3) is 0 Å². The highest BCUT2D eigenvalue weighted by Crippen LogP contribution is 2.23. The number of benzene rings is 3. The first-order valence-corrected chi connectivity index (χ1v) is 7.99. The zero-order valence-electron chi connectivity index (χ0n) is 13.1. The topological polar surface area (TPSA) is 46.9 Å². The monoisotopic (exact) mass is 315 g/mol. The third kappa shape index (κ3) is 2.74. The first kappa shape index (κ1) is 14.5. The first-order valence-electron chi connectivity index (χ1n) is 7.99. The van der Waals surface area contributed by atoms with Crippen LogP contribution in [0, 0.1) is 0 Å². The van der Waals surface area contributed by atoms with Gasteiger partial charge in [0, 0.05) is 24.0 Å². The molecule has 4 heteroatoms. The third-order valence-corrected chi connectivity index (χ3v) is 4.17. The van der Waals surface area contributed by atoms with Gasteiger partial charge in [0.2, 0.25) is 5.91 Å². The van der Waals surface area contributed by atoms with Crippen molar-refractivity contribution >= 4 is 33.4 Å². The Morgan fingerprint density at radius 1 is 0.958 bits per heavy atom. The van der Waals surface area contributed by atoms with Crippen LogP contribution >= 0.6 is 0 Å². The van der Waals surface area contributed by atoms with Crippen LogP contribution in [0.5, 0.6) is 0 Å². The Morgan fingerprint density at radius 3 is 2.71 bits per heavy atom. The van der Waals surface area contributed by atoms with Crippen molar-refractivity contribution in [3.8, 4) is 0 Å². The Kier molecular flexibility index (Phi) is 3.71. The minimum atomic E-state index is 0.00383. The number of aromatic nitrogens is 2. The van der Waals surface area contributed by atoms with Crippen LogP contribution in [0.3, 0.4) is 0 Å². The summed E-state index contributed by atoms with van der Waals surface area (Å²) in [5.74, 6) is 0.00383. The highest BCUT2D eigenvalue weighted by atomic mass is 16.1. The maximum absolute atomic E-state index is 12.3. The predicted molar refractivity (Wildman–Crippen MR) is 96.9 cm³/mol. The molecule has 0 bridgehead atoms. The van der Waals surface area contributed by atoms with Crippen molar-refractivity contribution in [1.82, 2.24) is 9.55 Å². The van der Waals surface area contributed by atoms with Gasteiger partial charge in [-0.15, -0.1) is 0 Å². The molecule has 0 saturated carbocycles. The van der Waals surface area contributed by atoms with Crippen molar-refractivity contribution in [2.75, 3.05) is 5.32 Å². The number of rotatable bonds is 4. The van der Waals surface area contributed by atoms with Gasteiger partial charge in [-0.2, -0.15) is 0 Å². The van der Waals surface area contributed by atoms with Crippen LogP contribution in [-0.2, 0) is 11.3 Å². The molecule has 0 aliphatic rings. The van der Waals surface area contributed by atoms with Crippen LogP contribution in [0.1, 0.15) is 6.42 Å². The molecule has 0 spiro atoms. The number of carbonyl (C=O) groups excluding carboxylic acids is 1. The number of aryl methyl sites for hydroxylation is 1. The molecule has 0 aliphatic heterocycles. The maximum atomic E-state index is 12.3. The normalized spacial score (nSPS) is 11.0. The number of nitrogens with zero attached hydrogens (tertiary/aromatic N) is 2. The second-order valence-corrected chi connectivity index (χ2v) is 5.75. The Hall–Kier alpha value is -3.14. The average molecular weight is 315 g/mol. The van der Waals surface area contributed by atoms with E-state index in [1.807, 2.05) is 71.3 Å². The number of anilines is 1. The second-order valence-electron chi connectivity index (χ2n) is 5.75. The van der Waals surface area contributed by atoms with E-state index in [9.17, 15) is 4.79 Å². The van der Waals surface area contributed by atoms with E-state index in [0.29, 0.717) is 13.0 Å². The van der Waals surface area contributed by atoms with Gasteiger partial charge in [0.15, 0.2) is 0 Å². The van der Waals surface area contributed by atoms with Gasteiger partial charge in [0.05, 0.1) is 17.4 Å². The Labute approximate surface area is 139 Å². The number of para-hydroxylation sites is 2. The Balaban J connectivity index is 1.48. The molecule has 3 aromatic carbocycles. The summed E-state index contributed by atoms with van der Waals surface area (Å²) in [5.41, 5.74) is 2.86. The molecule has 24 heavy (non-hydrogen) atoms. The molecule has 1 amide bonds. The molecule has 0 fully saturated rings. The number of imidazole rings is 1. The van der Waals surface area contributed by atoms with Crippen molar-refractivity contribution in [3.63, 3.8) is 0 Å². The van der Waals surface area contributed by atoms with E-state index < -0.39 is 0 Å². The quantitative estimate of drug-likeness (QED) is 0.613. The van der Waals surface area contributed by atoms with Gasteiger partial charge in [0.1, 0.15) is 0 Å². The van der Waals surface area contributed by atoms with E-state index in [1.165, 1.54) is 0 Å². The summed E-state index contributed by atoms with van der Waals surface area (Å²) in [6.45, 7) is 0.608. The van der Waals surface area contributed by atoms with Crippen molar-refractivity contribution in [2.45, 2.75) is 13.0 Å². The van der Waals surface area contributed by atoms with Crippen LogP contribution < -0.4 is 5.32 Å². The molecule has 0 aliphatic carbocycles. The number of carbonyl (C=O) groups is 1. The molecule has 4 aromatic rings. The fourth-order valence-electron chi connectivity index (χ4n) is 2.96. The lowest BCUT2D eigenvalue weighted by molar-refractivity contribution is -0.116. The minimum absolute atomic E-state index is 0.00383. The molecule has 4 nitrogen and oxygen atoms in total. The summed E-state index contributed by atoms with van der Waals surface area (Å²) in [6.07, 6.45) is 2.19. The van der Waals surface area contributed by atoms with Gasteiger partial charge < -0.3 is 9.88 Å². The van der Waals surface area contributed by atoms with Crippen LogP contribution in [-0.4, -0.2) is 15.5 Å². The molecule has 1 aromatic heterocycles. The van der Waals surface area contributed by atoms with Crippen LogP contribution in [0.2, 0.25) is 0 Å². The molecule has 0 unspecified atom stereocenters. The number of nitrogens with one attached hydrogen (secondary N) is 1. The highest BCUT2D eigenvalue weighted by molar-refractivity contribution is 6.02. The Bertz CT molecular complexity index is 1010. The van der Waals surface area contributed by atoms with Gasteiger partial charge in [-0.1, -0.05) is 48.5 Å². The van der Waals surface area contributed by atoms with Gasteiger partial charge >= 0.3 is 0 Å². The summed E-state index contributed by atoms with van der Waals surface area (Å²) >= 11 is 0. The fraction of sp³-hybridized carbons (Fsp3) is 0.100. The maximum Gasteiger partial charge on any atom is 0.226 e. The Morgan fingerprint density at radius 2 is 1.75 bits per heavy atom. The van der Waals surface area contributed by atoms with E-state index in [0.717, 1.165) is 27.5 Å². The molecule has 0 atom stereocenters. The lowest BCUT2D eigenvalue weighted by Gasteiger charge is -2.09. The molecule has 4 rings (SSSR count). The molecule has 0 saturated heterocycles. The molecule has 0 radical (unpaired) electrons. The van der Waals surface area contributed by atoms with Gasteiger partial charge in [-0.25, -0.2) is 4.98 Å². The van der Waals surface area contributed by atoms with Crippen LogP contribution in [0.15, 0.2) is 73.1 Å². The summed E-state index contributed by atoms with van der Waals surface area (Å²) in [6, 6.07) is 21.9. The van der Waals surface area contributed by atoms with E-state index in [2.05, 4.69) is 10.3 Å². The summed E-state index contributed by atoms with van der Waals surface area (Å²) in [7, 11) is 0. The number of amides is 1. The van der Waals surface area contributed by atoms with Crippen LogP contribution in [0.25, 0.3) is 21.8 Å². The van der Waals surface area contributed by atoms with E-state index in [4.69, 9.17) is 0 Å². The van der Waals surface area contributed by atoms with E-state index in [1.54, 1.807) is 6.33 Å². The average Bonchev–Trinajstić information content (AvgIpc) is 3.04. The molecule has 1 heterocycles. The number of hydrogen-bond acceptors (Lipinski definition) is 2. The minimum Gasteiger partial charge on any atom is -0.330 e. The second kappa shape index (κ2) is 6.16. The van der Waals surface area contributed by atoms with Gasteiger partial charge in [-0.3, -0.25) is 4.79 Å². The third-order valence-electron chi connectivity index (χ3n) is 4.17. The smallest absolute Gasteiger partial charge is 0.226 e. The van der Waals surface area contributed by atoms with Crippen molar-refractivity contribution < 1.29 is 4.79 Å². The molecular weight excluding hydrogens is 298 g/mol. The fourth-order valence-corrected chi connectivity index (χ4v) is 2.96. The summed E-state index contributed by atoms with van der Waals surface area (Å²) in [4.78, 5) is 16.7. The largest absolute Gasteiger partial charge is 0.330 e. The highest BCUT2D eigenvalue weighted by Gasteiger charge is 2.07. The SMILES string of the molecule is O=C(CCn1cnc2ccccc21)Nc1cccc2ccccc12. The standard InChI is InChI=1S/C20H17N3O/c24-20(12-13-23-14-21-18-9-3-4-11-19(18)23)22-17-10-5-7-15-6-1-2-8-16(15)17/h1-11,14H,12-13H2,(H,22,24). The molecule has 118 valence electrons. The van der Waals surface area contributed by atoms with Crippen molar-refractivity contribution in [3.05, 3.63) is 73.1 Å². The zero-order chi connectivity index (χ0) is 16.4. The zero-order valence-corrected chi connectivity index (χ0v) is 13.1. The summed E-state index contributed by atoms with van der Waals surface area (Å²) in [5, 5.41) is 5.20. The van der Waals surface area contributed by atoms with Crippen molar-refractivity contribution in [1.29, 1.82) is 0 Å². The van der Waals surface area contributed by atoms with E-state index in [-0.39, 0.29) is 5.91 Å². The predicted octanol–water partition coefficient (Wildman–Crippen LogP) is 4.22. The summed E-state index contributed by atoms with van der Waals surface area (Å²) < 4.78 is 2.01. The lowest BCUT2D eigenvalue weighted by Crippen LogP contribution is -2.14. The number of fused-ring (bicyclic) bond motifs is 2. The van der Waals surface area contributed by atoms with E-state index >= 15 is 0 Å². The van der Waals surface area contributed by atoms with Gasteiger partial charge in [-0.05, 0) is 23.6 Å². The van der Waals surface area contributed by atoms with Crippen LogP contribution in [0.4, 0.5) is 5.69 Å². The number of hydrogen-bond donors (Lipinski definition) is 1. The molecule has 1 N–H and O–H groups in total.